The number of nitrogens with zero attached hydrogens (tertiary/aromatic N) is 5. The van der Waals surface area contributed by atoms with E-state index in [4.69, 9.17) is 4.74 Å². The molecular weight excluding hydrogens is 427 g/mol. The Hall–Kier alpha value is -3.82. The van der Waals surface area contributed by atoms with E-state index in [-0.39, 0.29) is 31.4 Å². The number of rotatable bonds is 8. The molecule has 0 aliphatic carbocycles. The number of hydrogen-bond acceptors (Lipinski definition) is 7. The molecule has 0 radical (unpaired) electrons. The first kappa shape index (κ1) is 22.4. The number of amides is 1. The zero-order chi connectivity index (χ0) is 23.0. The van der Waals surface area contributed by atoms with Crippen LogP contribution < -0.4 is 20.5 Å². The number of piperidine rings is 1. The van der Waals surface area contributed by atoms with Crippen LogP contribution in [0.5, 0.6) is 5.88 Å². The van der Waals surface area contributed by atoms with Crippen LogP contribution in [0.15, 0.2) is 53.6 Å². The highest BCUT2D eigenvalue weighted by Gasteiger charge is 2.13. The summed E-state index contributed by atoms with van der Waals surface area (Å²) in [5, 5.41) is 6.92. The van der Waals surface area contributed by atoms with Gasteiger partial charge in [0.05, 0.1) is 12.2 Å². The van der Waals surface area contributed by atoms with Gasteiger partial charge in [-0.15, -0.1) is 0 Å². The molecule has 33 heavy (non-hydrogen) atoms. The Morgan fingerprint density at radius 3 is 2.64 bits per heavy atom. The molecular formula is C23H25FN6O3. The Morgan fingerprint density at radius 1 is 1.06 bits per heavy atom. The van der Waals surface area contributed by atoms with E-state index in [2.05, 4.69) is 25.3 Å². The average molecular weight is 452 g/mol. The predicted molar refractivity (Wildman–Crippen MR) is 120 cm³/mol. The van der Waals surface area contributed by atoms with Crippen molar-refractivity contribution >= 4 is 11.7 Å². The van der Waals surface area contributed by atoms with E-state index in [9.17, 15) is 14.0 Å². The van der Waals surface area contributed by atoms with Crippen molar-refractivity contribution in [3.63, 3.8) is 0 Å². The largest absolute Gasteiger partial charge is 0.476 e. The Kier molecular flexibility index (Phi) is 7.23. The Balaban J connectivity index is 1.27. The predicted octanol–water partition coefficient (Wildman–Crippen LogP) is 2.02. The molecule has 4 rings (SSSR count). The van der Waals surface area contributed by atoms with Gasteiger partial charge in [0.15, 0.2) is 0 Å². The topological polar surface area (TPSA) is 102 Å². The maximum atomic E-state index is 13.1. The first-order valence-electron chi connectivity index (χ1n) is 10.9. The van der Waals surface area contributed by atoms with Crippen molar-refractivity contribution < 1.29 is 13.9 Å². The van der Waals surface area contributed by atoms with Gasteiger partial charge >= 0.3 is 0 Å². The molecule has 1 saturated heterocycles. The lowest BCUT2D eigenvalue weighted by atomic mass is 10.1. The summed E-state index contributed by atoms with van der Waals surface area (Å²) in [5.74, 6) is 0.555. The summed E-state index contributed by atoms with van der Waals surface area (Å²) < 4.78 is 19.8. The van der Waals surface area contributed by atoms with Crippen molar-refractivity contribution in [2.75, 3.05) is 31.1 Å². The number of ether oxygens (including phenoxy) is 1. The maximum Gasteiger partial charge on any atom is 0.267 e. The van der Waals surface area contributed by atoms with Gasteiger partial charge in [-0.05, 0) is 49.6 Å². The fourth-order valence-corrected chi connectivity index (χ4v) is 3.58. The summed E-state index contributed by atoms with van der Waals surface area (Å²) in [4.78, 5) is 35.0. The van der Waals surface area contributed by atoms with E-state index in [1.165, 1.54) is 37.0 Å². The fraction of sp³-hybridized carbons (Fsp3) is 0.348. The van der Waals surface area contributed by atoms with Gasteiger partial charge in [-0.1, -0.05) is 0 Å². The van der Waals surface area contributed by atoms with Crippen LogP contribution in [0, 0.1) is 5.82 Å². The van der Waals surface area contributed by atoms with Gasteiger partial charge in [0.2, 0.25) is 11.8 Å². The second kappa shape index (κ2) is 10.7. The summed E-state index contributed by atoms with van der Waals surface area (Å²) in [6.07, 6.45) is 5.01. The van der Waals surface area contributed by atoms with Crippen LogP contribution in [-0.2, 0) is 11.3 Å². The highest BCUT2D eigenvalue weighted by molar-refractivity contribution is 5.75. The molecule has 1 N–H and O–H groups in total. The van der Waals surface area contributed by atoms with Gasteiger partial charge < -0.3 is 15.0 Å². The van der Waals surface area contributed by atoms with Crippen LogP contribution >= 0.6 is 0 Å². The maximum absolute atomic E-state index is 13.1. The molecule has 0 unspecified atom stereocenters. The van der Waals surface area contributed by atoms with Crippen LogP contribution in [-0.4, -0.2) is 51.9 Å². The van der Waals surface area contributed by atoms with E-state index in [1.807, 2.05) is 0 Å². The molecule has 1 amide bonds. The molecule has 1 aromatic carbocycles. The Morgan fingerprint density at radius 2 is 1.85 bits per heavy atom. The number of aromatic nitrogens is 4. The summed E-state index contributed by atoms with van der Waals surface area (Å²) in [5.41, 5.74) is 0.713. The third-order valence-electron chi connectivity index (χ3n) is 5.28. The lowest BCUT2D eigenvalue weighted by molar-refractivity contribution is -0.122. The zero-order valence-corrected chi connectivity index (χ0v) is 18.1. The van der Waals surface area contributed by atoms with Crippen LogP contribution in [0.25, 0.3) is 11.3 Å². The smallest absolute Gasteiger partial charge is 0.267 e. The molecule has 1 fully saturated rings. The minimum absolute atomic E-state index is 0.222. The summed E-state index contributed by atoms with van der Waals surface area (Å²) >= 11 is 0. The van der Waals surface area contributed by atoms with Gasteiger partial charge in [0.25, 0.3) is 5.56 Å². The normalized spacial score (nSPS) is 13.5. The molecule has 9 nitrogen and oxygen atoms in total. The molecule has 1 aliphatic heterocycles. The molecule has 2 aromatic heterocycles. The molecule has 0 spiro atoms. The minimum atomic E-state index is -0.404. The van der Waals surface area contributed by atoms with Crippen molar-refractivity contribution in [2.45, 2.75) is 25.8 Å². The van der Waals surface area contributed by atoms with Crippen molar-refractivity contribution in [3.8, 4) is 17.1 Å². The van der Waals surface area contributed by atoms with E-state index >= 15 is 0 Å². The highest BCUT2D eigenvalue weighted by atomic mass is 19.1. The molecule has 1 aliphatic rings. The van der Waals surface area contributed by atoms with E-state index in [0.717, 1.165) is 36.4 Å². The lowest BCUT2D eigenvalue weighted by Gasteiger charge is -2.27. The van der Waals surface area contributed by atoms with E-state index in [1.54, 1.807) is 18.2 Å². The number of nitrogens with one attached hydrogen (secondary N) is 1. The SMILES string of the molecule is O=C(Cn1nc(-c2ccc(F)cc2)ccc1=O)NCCOc1cc(N2CCCCC2)ncn1. The van der Waals surface area contributed by atoms with Crippen molar-refractivity contribution in [1.82, 2.24) is 25.1 Å². The molecule has 3 heterocycles. The monoisotopic (exact) mass is 452 g/mol. The van der Waals surface area contributed by atoms with Crippen molar-refractivity contribution in [3.05, 3.63) is 65.0 Å². The Bertz CT molecular complexity index is 1150. The van der Waals surface area contributed by atoms with Crippen LogP contribution in [0.2, 0.25) is 0 Å². The zero-order valence-electron chi connectivity index (χ0n) is 18.1. The van der Waals surface area contributed by atoms with Crippen LogP contribution in [0.3, 0.4) is 0 Å². The molecule has 0 bridgehead atoms. The summed E-state index contributed by atoms with van der Waals surface area (Å²) in [6, 6.07) is 10.4. The van der Waals surface area contributed by atoms with E-state index in [0.29, 0.717) is 17.1 Å². The molecule has 172 valence electrons. The van der Waals surface area contributed by atoms with Gasteiger partial charge in [0, 0.05) is 30.8 Å². The lowest BCUT2D eigenvalue weighted by Crippen LogP contribution is -2.35. The number of carbonyl (C=O) groups is 1. The first-order valence-corrected chi connectivity index (χ1v) is 10.9. The van der Waals surface area contributed by atoms with Crippen LogP contribution in [0.4, 0.5) is 10.2 Å². The molecule has 0 atom stereocenters. The third-order valence-corrected chi connectivity index (χ3v) is 5.28. The number of carbonyl (C=O) groups excluding carboxylic acids is 1. The average Bonchev–Trinajstić information content (AvgIpc) is 2.84. The van der Waals surface area contributed by atoms with E-state index < -0.39 is 5.56 Å². The van der Waals surface area contributed by atoms with Gasteiger partial charge in [-0.25, -0.2) is 19.0 Å². The van der Waals surface area contributed by atoms with Crippen molar-refractivity contribution in [1.29, 1.82) is 0 Å². The van der Waals surface area contributed by atoms with Gasteiger partial charge in [0.1, 0.15) is 31.1 Å². The molecule has 10 heteroatoms. The number of halogens is 1. The Labute approximate surface area is 190 Å². The molecule has 3 aromatic rings. The van der Waals surface area contributed by atoms with Crippen LogP contribution in [0.1, 0.15) is 19.3 Å². The van der Waals surface area contributed by atoms with Gasteiger partial charge in [-0.3, -0.25) is 9.59 Å². The second-order valence-electron chi connectivity index (χ2n) is 7.68. The minimum Gasteiger partial charge on any atom is -0.476 e. The molecule has 0 saturated carbocycles. The number of anilines is 1. The standard InChI is InChI=1S/C23H25FN6O3/c24-18-6-4-17(5-7-18)19-8-9-23(32)30(28-19)15-21(31)25-10-13-33-22-14-20(26-16-27-22)29-11-2-1-3-12-29/h4-9,14,16H,1-3,10-13,15H2,(H,25,31). The summed E-state index contributed by atoms with van der Waals surface area (Å²) in [6.45, 7) is 2.18. The number of benzene rings is 1. The fourth-order valence-electron chi connectivity index (χ4n) is 3.58. The highest BCUT2D eigenvalue weighted by Crippen LogP contribution is 2.20. The first-order chi connectivity index (χ1) is 16.1. The second-order valence-corrected chi connectivity index (χ2v) is 7.68. The summed E-state index contributed by atoms with van der Waals surface area (Å²) in [7, 11) is 0. The number of hydrogen-bond donors (Lipinski definition) is 1. The third kappa shape index (κ3) is 6.12. The van der Waals surface area contributed by atoms with Crippen molar-refractivity contribution in [2.24, 2.45) is 0 Å². The quantitative estimate of drug-likeness (QED) is 0.522. The van der Waals surface area contributed by atoms with Gasteiger partial charge in [-0.2, -0.15) is 5.10 Å².